The second-order valence-electron chi connectivity index (χ2n) is 2.79. The molecule has 0 amide bonds. The van der Waals surface area contributed by atoms with E-state index in [1.807, 2.05) is 0 Å². The molecule has 0 aromatic rings. The lowest BCUT2D eigenvalue weighted by Gasteiger charge is -2.20. The van der Waals surface area contributed by atoms with E-state index in [2.05, 4.69) is 0 Å². The summed E-state index contributed by atoms with van der Waals surface area (Å²) < 4.78 is 30.3. The van der Waals surface area contributed by atoms with Gasteiger partial charge < -0.3 is 4.74 Å². The van der Waals surface area contributed by atoms with Crippen LogP contribution in [-0.2, 0) is 4.74 Å². The SMILES string of the molecule is CCC(F)=C(F)C(C)(C)OC. The molecule has 0 aliphatic heterocycles. The Morgan fingerprint density at radius 1 is 1.36 bits per heavy atom. The third-order valence-corrected chi connectivity index (χ3v) is 1.59. The summed E-state index contributed by atoms with van der Waals surface area (Å²) in [4.78, 5) is 0. The zero-order chi connectivity index (χ0) is 9.07. The number of allylic oxidation sites excluding steroid dienone is 1. The van der Waals surface area contributed by atoms with Crippen LogP contribution in [0.4, 0.5) is 8.78 Å². The third-order valence-electron chi connectivity index (χ3n) is 1.59. The number of hydrogen-bond donors (Lipinski definition) is 0. The van der Waals surface area contributed by atoms with Gasteiger partial charge in [-0.25, -0.2) is 8.78 Å². The number of ether oxygens (including phenoxy) is 1. The normalized spacial score (nSPS) is 14.7. The second kappa shape index (κ2) is 3.81. The lowest BCUT2D eigenvalue weighted by molar-refractivity contribution is 0.0324. The Labute approximate surface area is 66.0 Å². The molecule has 0 unspecified atom stereocenters. The molecule has 0 saturated heterocycles. The van der Waals surface area contributed by atoms with E-state index in [4.69, 9.17) is 4.74 Å². The Balaban J connectivity index is 4.57. The van der Waals surface area contributed by atoms with Gasteiger partial charge in [0.05, 0.1) is 0 Å². The van der Waals surface area contributed by atoms with Gasteiger partial charge in [-0.3, -0.25) is 0 Å². The van der Waals surface area contributed by atoms with Crippen molar-refractivity contribution in [1.82, 2.24) is 0 Å². The van der Waals surface area contributed by atoms with Crippen LogP contribution in [0.2, 0.25) is 0 Å². The highest BCUT2D eigenvalue weighted by Crippen LogP contribution is 2.26. The Kier molecular flexibility index (Phi) is 3.66. The van der Waals surface area contributed by atoms with Gasteiger partial charge in [0.1, 0.15) is 11.4 Å². The summed E-state index contributed by atoms with van der Waals surface area (Å²) in [6.45, 7) is 4.52. The zero-order valence-corrected chi connectivity index (χ0v) is 7.37. The minimum Gasteiger partial charge on any atom is -0.372 e. The molecule has 0 radical (unpaired) electrons. The molecule has 0 aromatic heterocycles. The standard InChI is InChI=1S/C8H14F2O/c1-5-6(9)7(10)8(2,3)11-4/h5H2,1-4H3. The number of halogens is 2. The molecule has 11 heavy (non-hydrogen) atoms. The monoisotopic (exact) mass is 164 g/mol. The number of rotatable bonds is 3. The summed E-state index contributed by atoms with van der Waals surface area (Å²) in [5.41, 5.74) is -1.14. The van der Waals surface area contributed by atoms with Gasteiger partial charge in [0, 0.05) is 7.11 Å². The summed E-state index contributed by atoms with van der Waals surface area (Å²) in [6.07, 6.45) is 0.0681. The summed E-state index contributed by atoms with van der Waals surface area (Å²) in [5, 5.41) is 0. The molecule has 0 spiro atoms. The van der Waals surface area contributed by atoms with Gasteiger partial charge in [0.15, 0.2) is 5.83 Å². The largest absolute Gasteiger partial charge is 0.372 e. The number of hydrogen-bond acceptors (Lipinski definition) is 1. The third kappa shape index (κ3) is 2.58. The fraction of sp³-hybridized carbons (Fsp3) is 0.750. The molecular formula is C8H14F2O. The van der Waals surface area contributed by atoms with Gasteiger partial charge in [-0.15, -0.1) is 0 Å². The van der Waals surface area contributed by atoms with Gasteiger partial charge in [-0.1, -0.05) is 6.92 Å². The minimum atomic E-state index is -1.14. The van der Waals surface area contributed by atoms with E-state index in [0.29, 0.717) is 0 Å². The van der Waals surface area contributed by atoms with Gasteiger partial charge in [-0.2, -0.15) is 0 Å². The molecule has 0 bridgehead atoms. The highest BCUT2D eigenvalue weighted by atomic mass is 19.2. The molecule has 0 atom stereocenters. The maximum Gasteiger partial charge on any atom is 0.162 e. The predicted octanol–water partition coefficient (Wildman–Crippen LogP) is 2.97. The minimum absolute atomic E-state index is 0.0681. The van der Waals surface area contributed by atoms with Crippen molar-refractivity contribution in [2.75, 3.05) is 7.11 Å². The second-order valence-corrected chi connectivity index (χ2v) is 2.79. The van der Waals surface area contributed by atoms with Gasteiger partial charge in [0.2, 0.25) is 0 Å². The maximum absolute atomic E-state index is 13.0. The topological polar surface area (TPSA) is 9.23 Å². The lowest BCUT2D eigenvalue weighted by Crippen LogP contribution is -2.23. The molecule has 0 fully saturated rings. The van der Waals surface area contributed by atoms with Crippen LogP contribution in [0.5, 0.6) is 0 Å². The fourth-order valence-electron chi connectivity index (χ4n) is 0.571. The van der Waals surface area contributed by atoms with Crippen molar-refractivity contribution in [3.05, 3.63) is 11.7 Å². The highest BCUT2D eigenvalue weighted by molar-refractivity contribution is 5.10. The van der Waals surface area contributed by atoms with Crippen LogP contribution in [0.15, 0.2) is 11.7 Å². The van der Waals surface area contributed by atoms with E-state index < -0.39 is 17.3 Å². The Morgan fingerprint density at radius 2 is 1.82 bits per heavy atom. The Bertz CT molecular complexity index is 161. The molecule has 3 heteroatoms. The van der Waals surface area contributed by atoms with E-state index in [0.717, 1.165) is 0 Å². The first kappa shape index (κ1) is 10.6. The first-order chi connectivity index (χ1) is 4.95. The van der Waals surface area contributed by atoms with Crippen molar-refractivity contribution in [2.24, 2.45) is 0 Å². The van der Waals surface area contributed by atoms with Crippen LogP contribution in [-0.4, -0.2) is 12.7 Å². The van der Waals surface area contributed by atoms with Crippen LogP contribution < -0.4 is 0 Å². The molecule has 0 N–H and O–H groups in total. The Hall–Kier alpha value is -0.440. The molecule has 0 rings (SSSR count). The molecule has 66 valence electrons. The molecule has 0 heterocycles. The van der Waals surface area contributed by atoms with Crippen molar-refractivity contribution < 1.29 is 13.5 Å². The van der Waals surface area contributed by atoms with Crippen LogP contribution >= 0.6 is 0 Å². The van der Waals surface area contributed by atoms with Crippen molar-refractivity contribution in [3.8, 4) is 0 Å². The number of methoxy groups -OCH3 is 1. The molecule has 0 aliphatic rings. The van der Waals surface area contributed by atoms with Crippen molar-refractivity contribution in [1.29, 1.82) is 0 Å². The summed E-state index contributed by atoms with van der Waals surface area (Å²) >= 11 is 0. The summed E-state index contributed by atoms with van der Waals surface area (Å²) in [7, 11) is 1.35. The van der Waals surface area contributed by atoms with E-state index in [9.17, 15) is 8.78 Å². The van der Waals surface area contributed by atoms with Crippen molar-refractivity contribution in [2.45, 2.75) is 32.8 Å². The molecule has 0 aromatic carbocycles. The average molecular weight is 164 g/mol. The molecule has 0 saturated carbocycles. The first-order valence-corrected chi connectivity index (χ1v) is 3.55. The fourth-order valence-corrected chi connectivity index (χ4v) is 0.571. The van der Waals surface area contributed by atoms with Crippen LogP contribution in [0.3, 0.4) is 0 Å². The smallest absolute Gasteiger partial charge is 0.162 e. The highest BCUT2D eigenvalue weighted by Gasteiger charge is 2.26. The first-order valence-electron chi connectivity index (χ1n) is 3.55. The van der Waals surface area contributed by atoms with Gasteiger partial charge in [0.25, 0.3) is 0 Å². The quantitative estimate of drug-likeness (QED) is 0.623. The van der Waals surface area contributed by atoms with Crippen LogP contribution in [0.25, 0.3) is 0 Å². The van der Waals surface area contributed by atoms with Gasteiger partial charge >= 0.3 is 0 Å². The molecule has 0 aliphatic carbocycles. The van der Waals surface area contributed by atoms with E-state index >= 15 is 0 Å². The Morgan fingerprint density at radius 3 is 2.09 bits per heavy atom. The van der Waals surface area contributed by atoms with E-state index in [-0.39, 0.29) is 6.42 Å². The zero-order valence-electron chi connectivity index (χ0n) is 7.37. The van der Waals surface area contributed by atoms with Crippen LogP contribution in [0.1, 0.15) is 27.2 Å². The van der Waals surface area contributed by atoms with Crippen LogP contribution in [0, 0.1) is 0 Å². The van der Waals surface area contributed by atoms with E-state index in [1.165, 1.54) is 21.0 Å². The summed E-state index contributed by atoms with van der Waals surface area (Å²) in [6, 6.07) is 0. The maximum atomic E-state index is 13.0. The predicted molar refractivity (Wildman–Crippen MR) is 40.6 cm³/mol. The molecular weight excluding hydrogens is 150 g/mol. The summed E-state index contributed by atoms with van der Waals surface area (Å²) in [5.74, 6) is -1.56. The average Bonchev–Trinajstić information content (AvgIpc) is 2.01. The van der Waals surface area contributed by atoms with Gasteiger partial charge in [-0.05, 0) is 20.3 Å². The van der Waals surface area contributed by atoms with Crippen molar-refractivity contribution >= 4 is 0 Å². The lowest BCUT2D eigenvalue weighted by atomic mass is 10.1. The van der Waals surface area contributed by atoms with E-state index in [1.54, 1.807) is 6.92 Å². The molecule has 1 nitrogen and oxygen atoms in total. The van der Waals surface area contributed by atoms with Crippen molar-refractivity contribution in [3.63, 3.8) is 0 Å².